The van der Waals surface area contributed by atoms with E-state index >= 15 is 0 Å². The lowest BCUT2D eigenvalue weighted by Gasteiger charge is -2.09. The summed E-state index contributed by atoms with van der Waals surface area (Å²) in [7, 11) is -2.97. The first-order valence-electron chi connectivity index (χ1n) is 5.64. The topological polar surface area (TPSA) is 137 Å². The molecule has 0 amide bonds. The van der Waals surface area contributed by atoms with Gasteiger partial charge in [-0.1, -0.05) is 5.16 Å². The fraction of sp³-hybridized carbons (Fsp3) is 0.182. The fourth-order valence-corrected chi connectivity index (χ4v) is 2.66. The Labute approximate surface area is 120 Å². The molecule has 0 bridgehead atoms. The molecule has 21 heavy (non-hydrogen) atoms. The molecule has 1 aromatic carbocycles. The van der Waals surface area contributed by atoms with Gasteiger partial charge in [0.25, 0.3) is 10.0 Å². The minimum Gasteiger partial charge on any atom is -0.465 e. The summed E-state index contributed by atoms with van der Waals surface area (Å²) in [5.74, 6) is -0.567. The highest BCUT2D eigenvalue weighted by Crippen LogP contribution is 2.22. The van der Waals surface area contributed by atoms with Crippen LogP contribution in [0.3, 0.4) is 0 Å². The van der Waals surface area contributed by atoms with E-state index in [1.807, 2.05) is 0 Å². The Morgan fingerprint density at radius 2 is 2.14 bits per heavy atom. The standard InChI is InChI=1S/C11H12N4O5S/c1-6-13-11(20-14-6)15-21(17,18)9-4-3-7(12)5-8(9)10(16)19-2/h3-5H,12H2,1-2H3,(H,13,14,15). The van der Waals surface area contributed by atoms with Gasteiger partial charge in [-0.15, -0.1) is 0 Å². The number of ether oxygens (including phenoxy) is 1. The van der Waals surface area contributed by atoms with Crippen molar-refractivity contribution in [3.05, 3.63) is 29.6 Å². The zero-order valence-electron chi connectivity index (χ0n) is 11.2. The molecule has 0 unspecified atom stereocenters. The minimum absolute atomic E-state index is 0.193. The molecule has 2 rings (SSSR count). The quantitative estimate of drug-likeness (QED) is 0.616. The van der Waals surface area contributed by atoms with E-state index in [0.29, 0.717) is 0 Å². The second-order valence-corrected chi connectivity index (χ2v) is 5.65. The van der Waals surface area contributed by atoms with Crippen LogP contribution in [0, 0.1) is 6.92 Å². The Morgan fingerprint density at radius 1 is 1.43 bits per heavy atom. The average Bonchev–Trinajstić information content (AvgIpc) is 2.82. The van der Waals surface area contributed by atoms with Crippen LogP contribution in [0.1, 0.15) is 16.2 Å². The molecule has 9 nitrogen and oxygen atoms in total. The van der Waals surface area contributed by atoms with Gasteiger partial charge in [0.2, 0.25) is 0 Å². The van der Waals surface area contributed by atoms with Gasteiger partial charge in [0.05, 0.1) is 12.7 Å². The number of carbonyl (C=O) groups is 1. The maximum Gasteiger partial charge on any atom is 0.339 e. The Morgan fingerprint density at radius 3 is 2.71 bits per heavy atom. The molecule has 0 atom stereocenters. The summed E-state index contributed by atoms with van der Waals surface area (Å²) in [6.45, 7) is 1.53. The highest BCUT2D eigenvalue weighted by Gasteiger charge is 2.25. The number of anilines is 2. The number of nitrogen functional groups attached to an aromatic ring is 1. The number of hydrogen-bond acceptors (Lipinski definition) is 8. The Bertz CT molecular complexity index is 784. The van der Waals surface area contributed by atoms with Gasteiger partial charge < -0.3 is 15.0 Å². The number of nitrogens with one attached hydrogen (secondary N) is 1. The molecule has 0 saturated carbocycles. The third-order valence-corrected chi connectivity index (χ3v) is 3.83. The maximum absolute atomic E-state index is 12.3. The number of aryl methyl sites for hydroxylation is 1. The van der Waals surface area contributed by atoms with Crippen LogP contribution in [0.25, 0.3) is 0 Å². The van der Waals surface area contributed by atoms with Gasteiger partial charge in [-0.2, -0.15) is 4.98 Å². The number of carbonyl (C=O) groups excluding carboxylic acids is 1. The zero-order chi connectivity index (χ0) is 15.6. The Hall–Kier alpha value is -2.62. The lowest BCUT2D eigenvalue weighted by Crippen LogP contribution is -2.18. The fourth-order valence-electron chi connectivity index (χ4n) is 1.56. The number of esters is 1. The number of methoxy groups -OCH3 is 1. The molecule has 1 aromatic heterocycles. The molecule has 112 valence electrons. The highest BCUT2D eigenvalue weighted by molar-refractivity contribution is 7.92. The van der Waals surface area contributed by atoms with Crippen LogP contribution in [0.5, 0.6) is 0 Å². The van der Waals surface area contributed by atoms with Crippen LogP contribution >= 0.6 is 0 Å². The molecule has 0 spiro atoms. The predicted molar refractivity (Wildman–Crippen MR) is 72.0 cm³/mol. The summed E-state index contributed by atoms with van der Waals surface area (Å²) in [6, 6.07) is 3.44. The summed E-state index contributed by atoms with van der Waals surface area (Å²) in [5, 5.41) is 3.46. The molecule has 0 radical (unpaired) electrons. The predicted octanol–water partition coefficient (Wildman–Crippen LogP) is 0.548. The number of hydrogen-bond donors (Lipinski definition) is 2. The van der Waals surface area contributed by atoms with Crippen LogP contribution in [-0.4, -0.2) is 31.6 Å². The molecular weight excluding hydrogens is 300 g/mol. The third-order valence-electron chi connectivity index (χ3n) is 2.45. The van der Waals surface area contributed by atoms with Gasteiger partial charge in [-0.25, -0.2) is 17.9 Å². The summed E-state index contributed by atoms with van der Waals surface area (Å²) in [4.78, 5) is 15.1. The van der Waals surface area contributed by atoms with E-state index in [1.165, 1.54) is 25.1 Å². The summed E-state index contributed by atoms with van der Waals surface area (Å²) >= 11 is 0. The zero-order valence-corrected chi connectivity index (χ0v) is 12.0. The van der Waals surface area contributed by atoms with E-state index in [4.69, 9.17) is 5.73 Å². The second-order valence-electron chi connectivity index (χ2n) is 4.00. The van der Waals surface area contributed by atoms with Gasteiger partial charge in [0.1, 0.15) is 4.90 Å². The second kappa shape index (κ2) is 5.40. The van der Waals surface area contributed by atoms with Gasteiger partial charge >= 0.3 is 12.0 Å². The normalized spacial score (nSPS) is 11.1. The molecule has 0 fully saturated rings. The number of benzene rings is 1. The first-order chi connectivity index (χ1) is 9.83. The smallest absolute Gasteiger partial charge is 0.339 e. The molecule has 0 saturated heterocycles. The number of nitrogens with zero attached hydrogens (tertiary/aromatic N) is 2. The van der Waals surface area contributed by atoms with Crippen molar-refractivity contribution >= 4 is 27.7 Å². The molecule has 10 heteroatoms. The van der Waals surface area contributed by atoms with E-state index in [1.54, 1.807) is 0 Å². The van der Waals surface area contributed by atoms with Crippen LogP contribution in [0.2, 0.25) is 0 Å². The van der Waals surface area contributed by atoms with Gasteiger partial charge in [0.15, 0.2) is 5.82 Å². The van der Waals surface area contributed by atoms with Crippen molar-refractivity contribution in [2.45, 2.75) is 11.8 Å². The molecule has 2 aromatic rings. The van der Waals surface area contributed by atoms with Crippen molar-refractivity contribution in [1.29, 1.82) is 0 Å². The van der Waals surface area contributed by atoms with Crippen molar-refractivity contribution in [3.8, 4) is 0 Å². The number of aromatic nitrogens is 2. The number of rotatable bonds is 4. The minimum atomic E-state index is -4.11. The number of nitrogens with two attached hydrogens (primary N) is 1. The maximum atomic E-state index is 12.3. The van der Waals surface area contributed by atoms with E-state index < -0.39 is 16.0 Å². The van der Waals surface area contributed by atoms with Crippen LogP contribution in [0.15, 0.2) is 27.6 Å². The average molecular weight is 312 g/mol. The molecule has 3 N–H and O–H groups in total. The first-order valence-corrected chi connectivity index (χ1v) is 7.13. The molecule has 0 aliphatic rings. The highest BCUT2D eigenvalue weighted by atomic mass is 32.2. The summed E-state index contributed by atoms with van der Waals surface area (Å²) in [5.41, 5.74) is 5.59. The van der Waals surface area contributed by atoms with Crippen molar-refractivity contribution < 1.29 is 22.5 Å². The SMILES string of the molecule is COC(=O)c1cc(N)ccc1S(=O)(=O)Nc1nc(C)no1. The van der Waals surface area contributed by atoms with Crippen LogP contribution < -0.4 is 10.5 Å². The molecule has 1 heterocycles. The van der Waals surface area contributed by atoms with Crippen molar-refractivity contribution in [1.82, 2.24) is 10.1 Å². The van der Waals surface area contributed by atoms with Crippen molar-refractivity contribution in [2.75, 3.05) is 17.6 Å². The largest absolute Gasteiger partial charge is 0.465 e. The third kappa shape index (κ3) is 3.11. The molecular formula is C11H12N4O5S. The monoisotopic (exact) mass is 312 g/mol. The van der Waals surface area contributed by atoms with Crippen molar-refractivity contribution in [3.63, 3.8) is 0 Å². The van der Waals surface area contributed by atoms with E-state index in [9.17, 15) is 13.2 Å². The summed E-state index contributed by atoms with van der Waals surface area (Å²) in [6.07, 6.45) is 0. The lowest BCUT2D eigenvalue weighted by molar-refractivity contribution is 0.0596. The number of sulfonamides is 1. The van der Waals surface area contributed by atoms with E-state index in [-0.39, 0.29) is 28.0 Å². The first kappa shape index (κ1) is 14.8. The summed E-state index contributed by atoms with van der Waals surface area (Å²) < 4.78 is 35.9. The van der Waals surface area contributed by atoms with Gasteiger partial charge in [-0.05, 0) is 25.1 Å². The van der Waals surface area contributed by atoms with Crippen molar-refractivity contribution in [2.24, 2.45) is 0 Å². The van der Waals surface area contributed by atoms with Gasteiger partial charge in [-0.3, -0.25) is 0 Å². The van der Waals surface area contributed by atoms with Crippen LogP contribution in [-0.2, 0) is 14.8 Å². The Kier molecular flexibility index (Phi) is 3.80. The van der Waals surface area contributed by atoms with E-state index in [2.05, 4.69) is 24.1 Å². The molecule has 0 aliphatic carbocycles. The lowest BCUT2D eigenvalue weighted by atomic mass is 10.2. The molecule has 0 aliphatic heterocycles. The van der Waals surface area contributed by atoms with Gasteiger partial charge in [0, 0.05) is 5.69 Å². The van der Waals surface area contributed by atoms with E-state index in [0.717, 1.165) is 7.11 Å². The van der Waals surface area contributed by atoms with Crippen LogP contribution in [0.4, 0.5) is 11.7 Å². The Balaban J connectivity index is 2.46.